The minimum absolute atomic E-state index is 0.294. The van der Waals surface area contributed by atoms with E-state index in [-0.39, 0.29) is 0 Å². The Balaban J connectivity index is 1.87. The van der Waals surface area contributed by atoms with E-state index in [1.165, 1.54) is 6.07 Å². The SMILES string of the molecule is CN(C)CCCNc1nc(Nc2ccc(C(F)(F)F)cc2Br)cc(-c2ccccc2)n1. The Bertz CT molecular complexity index is 1010. The highest BCUT2D eigenvalue weighted by Crippen LogP contribution is 2.35. The first-order valence-corrected chi connectivity index (χ1v) is 10.5. The standard InChI is InChI=1S/C22H23BrF3N5/c1-31(2)12-6-11-27-21-29-19(15-7-4-3-5-8-15)14-20(30-21)28-18-10-9-16(13-17(18)23)22(24,25)26/h3-5,7-10,13-14H,6,11-12H2,1-2H3,(H2,27,28,29,30). The molecule has 0 unspecified atom stereocenters. The molecule has 0 amide bonds. The summed E-state index contributed by atoms with van der Waals surface area (Å²) in [5, 5.41) is 6.33. The van der Waals surface area contributed by atoms with E-state index in [0.717, 1.165) is 30.7 Å². The summed E-state index contributed by atoms with van der Waals surface area (Å²) in [6.07, 6.45) is -3.49. The molecular formula is C22H23BrF3N5. The molecule has 9 heteroatoms. The van der Waals surface area contributed by atoms with E-state index in [4.69, 9.17) is 0 Å². The van der Waals surface area contributed by atoms with Crippen molar-refractivity contribution in [2.45, 2.75) is 12.6 Å². The summed E-state index contributed by atoms with van der Waals surface area (Å²) in [5.41, 5.74) is 1.37. The van der Waals surface area contributed by atoms with E-state index in [1.54, 1.807) is 6.07 Å². The van der Waals surface area contributed by atoms with Crippen LogP contribution in [0.2, 0.25) is 0 Å². The number of hydrogen-bond donors (Lipinski definition) is 2. The van der Waals surface area contributed by atoms with Crippen LogP contribution in [0.5, 0.6) is 0 Å². The fourth-order valence-corrected chi connectivity index (χ4v) is 3.35. The lowest BCUT2D eigenvalue weighted by Crippen LogP contribution is -2.17. The number of aromatic nitrogens is 2. The molecule has 0 atom stereocenters. The van der Waals surface area contributed by atoms with Crippen molar-refractivity contribution in [3.63, 3.8) is 0 Å². The molecule has 3 rings (SSSR count). The van der Waals surface area contributed by atoms with Crippen LogP contribution in [-0.2, 0) is 6.18 Å². The quantitative estimate of drug-likeness (QED) is 0.375. The Hall–Kier alpha value is -2.65. The number of nitrogens with zero attached hydrogens (tertiary/aromatic N) is 3. The predicted molar refractivity (Wildman–Crippen MR) is 122 cm³/mol. The molecule has 5 nitrogen and oxygen atoms in total. The second-order valence-electron chi connectivity index (χ2n) is 7.23. The molecule has 0 bridgehead atoms. The first-order valence-electron chi connectivity index (χ1n) is 9.69. The van der Waals surface area contributed by atoms with Crippen molar-refractivity contribution in [3.05, 3.63) is 64.6 Å². The molecule has 0 fully saturated rings. The van der Waals surface area contributed by atoms with Gasteiger partial charge in [-0.15, -0.1) is 0 Å². The Morgan fingerprint density at radius 2 is 1.74 bits per heavy atom. The van der Waals surface area contributed by atoms with Gasteiger partial charge in [0.2, 0.25) is 5.95 Å². The Morgan fingerprint density at radius 1 is 1.00 bits per heavy atom. The van der Waals surface area contributed by atoms with E-state index < -0.39 is 11.7 Å². The third-order valence-electron chi connectivity index (χ3n) is 4.42. The Labute approximate surface area is 187 Å². The van der Waals surface area contributed by atoms with E-state index in [0.29, 0.717) is 34.2 Å². The number of hydrogen-bond acceptors (Lipinski definition) is 5. The number of rotatable bonds is 8. The zero-order valence-electron chi connectivity index (χ0n) is 17.2. The summed E-state index contributed by atoms with van der Waals surface area (Å²) in [4.78, 5) is 11.2. The van der Waals surface area contributed by atoms with Crippen LogP contribution in [0.25, 0.3) is 11.3 Å². The summed E-state index contributed by atoms with van der Waals surface area (Å²) in [5.74, 6) is 0.926. The van der Waals surface area contributed by atoms with Gasteiger partial charge in [0.15, 0.2) is 0 Å². The monoisotopic (exact) mass is 493 g/mol. The molecular weight excluding hydrogens is 471 g/mol. The molecule has 3 aromatic rings. The fourth-order valence-electron chi connectivity index (χ4n) is 2.87. The molecule has 0 aliphatic rings. The summed E-state index contributed by atoms with van der Waals surface area (Å²) in [7, 11) is 4.02. The van der Waals surface area contributed by atoms with Gasteiger partial charge in [0.05, 0.1) is 16.9 Å². The summed E-state index contributed by atoms with van der Waals surface area (Å²) in [6, 6.07) is 14.9. The van der Waals surface area contributed by atoms with Gasteiger partial charge >= 0.3 is 6.18 Å². The van der Waals surface area contributed by atoms with E-state index in [1.807, 2.05) is 44.4 Å². The predicted octanol–water partition coefficient (Wildman–Crippen LogP) is 6.03. The highest BCUT2D eigenvalue weighted by molar-refractivity contribution is 9.10. The largest absolute Gasteiger partial charge is 0.416 e. The van der Waals surface area contributed by atoms with Crippen LogP contribution in [0.4, 0.5) is 30.6 Å². The minimum Gasteiger partial charge on any atom is -0.354 e. The molecule has 0 radical (unpaired) electrons. The summed E-state index contributed by atoms with van der Waals surface area (Å²) < 4.78 is 39.1. The van der Waals surface area contributed by atoms with E-state index >= 15 is 0 Å². The van der Waals surface area contributed by atoms with Crippen molar-refractivity contribution < 1.29 is 13.2 Å². The van der Waals surface area contributed by atoms with Crippen LogP contribution < -0.4 is 10.6 Å². The molecule has 0 aliphatic heterocycles. The van der Waals surface area contributed by atoms with E-state index in [2.05, 4.69) is 41.4 Å². The van der Waals surface area contributed by atoms with Crippen molar-refractivity contribution in [1.29, 1.82) is 0 Å². The van der Waals surface area contributed by atoms with Crippen LogP contribution in [0, 0.1) is 0 Å². The highest BCUT2D eigenvalue weighted by atomic mass is 79.9. The number of benzene rings is 2. The van der Waals surface area contributed by atoms with Gasteiger partial charge in [0.1, 0.15) is 5.82 Å². The molecule has 0 spiro atoms. The molecule has 0 saturated heterocycles. The maximum Gasteiger partial charge on any atom is 0.416 e. The lowest BCUT2D eigenvalue weighted by atomic mass is 10.1. The highest BCUT2D eigenvalue weighted by Gasteiger charge is 2.30. The van der Waals surface area contributed by atoms with Gasteiger partial charge in [-0.25, -0.2) is 4.98 Å². The second kappa shape index (κ2) is 10.1. The fraction of sp³-hybridized carbons (Fsp3) is 0.273. The maximum atomic E-state index is 12.9. The van der Waals surface area contributed by atoms with Crippen LogP contribution in [0.1, 0.15) is 12.0 Å². The third kappa shape index (κ3) is 6.67. The Morgan fingerprint density at radius 3 is 2.39 bits per heavy atom. The number of halogens is 4. The molecule has 0 saturated carbocycles. The molecule has 0 aliphatic carbocycles. The van der Waals surface area contributed by atoms with Gasteiger partial charge in [-0.2, -0.15) is 18.2 Å². The first kappa shape index (κ1) is 23.0. The van der Waals surface area contributed by atoms with Gasteiger partial charge in [0.25, 0.3) is 0 Å². The van der Waals surface area contributed by atoms with Crippen LogP contribution >= 0.6 is 15.9 Å². The van der Waals surface area contributed by atoms with Gasteiger partial charge in [-0.3, -0.25) is 0 Å². The molecule has 1 heterocycles. The van der Waals surface area contributed by atoms with Crippen LogP contribution in [0.15, 0.2) is 59.1 Å². The zero-order chi connectivity index (χ0) is 22.4. The molecule has 31 heavy (non-hydrogen) atoms. The lowest BCUT2D eigenvalue weighted by molar-refractivity contribution is -0.137. The number of alkyl halides is 3. The minimum atomic E-state index is -4.40. The van der Waals surface area contributed by atoms with Gasteiger partial charge < -0.3 is 15.5 Å². The number of nitrogens with one attached hydrogen (secondary N) is 2. The zero-order valence-corrected chi connectivity index (χ0v) is 18.8. The van der Waals surface area contributed by atoms with E-state index in [9.17, 15) is 13.2 Å². The maximum absolute atomic E-state index is 12.9. The van der Waals surface area contributed by atoms with Crippen LogP contribution in [-0.4, -0.2) is 42.1 Å². The third-order valence-corrected chi connectivity index (χ3v) is 5.08. The van der Waals surface area contributed by atoms with Gasteiger partial charge in [0, 0.05) is 22.6 Å². The van der Waals surface area contributed by atoms with Crippen molar-refractivity contribution in [1.82, 2.24) is 14.9 Å². The normalized spacial score (nSPS) is 11.6. The Kier molecular flexibility index (Phi) is 7.50. The first-order chi connectivity index (χ1) is 14.7. The molecule has 164 valence electrons. The summed E-state index contributed by atoms with van der Waals surface area (Å²) >= 11 is 3.22. The van der Waals surface area contributed by atoms with Crippen LogP contribution in [0.3, 0.4) is 0 Å². The molecule has 2 aromatic carbocycles. The molecule has 1 aromatic heterocycles. The smallest absolute Gasteiger partial charge is 0.354 e. The molecule has 2 N–H and O–H groups in total. The van der Waals surface area contributed by atoms with Gasteiger partial charge in [-0.1, -0.05) is 30.3 Å². The average molecular weight is 494 g/mol. The summed E-state index contributed by atoms with van der Waals surface area (Å²) in [6.45, 7) is 1.62. The van der Waals surface area contributed by atoms with Crippen molar-refractivity contribution in [2.24, 2.45) is 0 Å². The lowest BCUT2D eigenvalue weighted by Gasteiger charge is -2.14. The topological polar surface area (TPSA) is 53.1 Å². The second-order valence-corrected chi connectivity index (χ2v) is 8.08. The van der Waals surface area contributed by atoms with Crippen molar-refractivity contribution >= 4 is 33.4 Å². The van der Waals surface area contributed by atoms with Crippen molar-refractivity contribution in [3.8, 4) is 11.3 Å². The number of anilines is 3. The van der Waals surface area contributed by atoms with Crippen molar-refractivity contribution in [2.75, 3.05) is 37.8 Å². The average Bonchev–Trinajstić information content (AvgIpc) is 2.72. The van der Waals surface area contributed by atoms with Gasteiger partial charge in [-0.05, 0) is 61.2 Å².